The summed E-state index contributed by atoms with van der Waals surface area (Å²) < 4.78 is 70.9. The Bertz CT molecular complexity index is 1200. The van der Waals surface area contributed by atoms with Gasteiger partial charge in [-0.05, 0) is 43.2 Å². The Hall–Kier alpha value is -2.54. The van der Waals surface area contributed by atoms with Crippen molar-refractivity contribution in [2.24, 2.45) is 0 Å². The van der Waals surface area contributed by atoms with Gasteiger partial charge in [0.2, 0.25) is 26.0 Å². The van der Waals surface area contributed by atoms with E-state index < -0.39 is 38.3 Å². The Kier molecular flexibility index (Phi) is 8.63. The van der Waals surface area contributed by atoms with Crippen LogP contribution < -0.4 is 10.1 Å². The number of carbonyl (C=O) groups is 1. The Balaban J connectivity index is 1.47. The normalized spacial score (nSPS) is 14.9. The maximum atomic E-state index is 13.9. The fourth-order valence-corrected chi connectivity index (χ4v) is 5.71. The molecule has 186 valence electrons. The van der Waals surface area contributed by atoms with Gasteiger partial charge in [0, 0.05) is 25.2 Å². The summed E-state index contributed by atoms with van der Waals surface area (Å²) in [6, 6.07) is 11.8. The Morgan fingerprint density at radius 1 is 1.06 bits per heavy atom. The van der Waals surface area contributed by atoms with E-state index in [4.69, 9.17) is 4.74 Å². The number of nitrogens with zero attached hydrogens (tertiary/aromatic N) is 2. The molecule has 0 atom stereocenters. The van der Waals surface area contributed by atoms with Crippen molar-refractivity contribution in [1.29, 1.82) is 0 Å². The SMILES string of the molecule is CS(=O)(=O)N(CC(=O)NCCOc1ccc(S(=O)(=O)N2CCCC2)cc1)Cc1ccccc1F. The largest absolute Gasteiger partial charge is 0.492 e. The van der Waals surface area contributed by atoms with E-state index in [0.29, 0.717) is 18.8 Å². The molecule has 1 fully saturated rings. The minimum absolute atomic E-state index is 0.0934. The van der Waals surface area contributed by atoms with Crippen LogP contribution in [0.5, 0.6) is 5.75 Å². The second kappa shape index (κ2) is 11.3. The van der Waals surface area contributed by atoms with E-state index in [1.807, 2.05) is 0 Å². The summed E-state index contributed by atoms with van der Waals surface area (Å²) >= 11 is 0. The van der Waals surface area contributed by atoms with E-state index in [1.165, 1.54) is 34.6 Å². The highest BCUT2D eigenvalue weighted by Gasteiger charge is 2.27. The van der Waals surface area contributed by atoms with Gasteiger partial charge in [-0.25, -0.2) is 21.2 Å². The number of hydrogen-bond donors (Lipinski definition) is 1. The van der Waals surface area contributed by atoms with Crippen LogP contribution >= 0.6 is 0 Å². The van der Waals surface area contributed by atoms with Crippen molar-refractivity contribution in [3.05, 3.63) is 59.9 Å². The Morgan fingerprint density at radius 2 is 1.71 bits per heavy atom. The molecule has 1 amide bonds. The van der Waals surface area contributed by atoms with Gasteiger partial charge in [-0.3, -0.25) is 4.79 Å². The van der Waals surface area contributed by atoms with Crippen molar-refractivity contribution in [2.45, 2.75) is 24.3 Å². The third-order valence-electron chi connectivity index (χ3n) is 5.31. The predicted octanol–water partition coefficient (Wildman–Crippen LogP) is 1.57. The molecular weight excluding hydrogens is 485 g/mol. The molecule has 1 aliphatic rings. The molecule has 0 spiro atoms. The van der Waals surface area contributed by atoms with Gasteiger partial charge in [0.15, 0.2) is 0 Å². The zero-order valence-corrected chi connectivity index (χ0v) is 20.4. The molecule has 1 heterocycles. The molecule has 0 bridgehead atoms. The molecule has 1 aliphatic heterocycles. The Morgan fingerprint density at radius 3 is 2.32 bits per heavy atom. The summed E-state index contributed by atoms with van der Waals surface area (Å²) in [5.74, 6) is -0.673. The minimum Gasteiger partial charge on any atom is -0.492 e. The Labute approximate surface area is 199 Å². The topological polar surface area (TPSA) is 113 Å². The molecular formula is C22H28FN3O6S2. The molecule has 0 radical (unpaired) electrons. The molecule has 2 aromatic rings. The smallest absolute Gasteiger partial charge is 0.243 e. The van der Waals surface area contributed by atoms with E-state index in [2.05, 4.69) is 5.32 Å². The van der Waals surface area contributed by atoms with Gasteiger partial charge >= 0.3 is 0 Å². The molecule has 1 saturated heterocycles. The summed E-state index contributed by atoms with van der Waals surface area (Å²) in [7, 11) is -7.25. The molecule has 12 heteroatoms. The van der Waals surface area contributed by atoms with Gasteiger partial charge < -0.3 is 10.1 Å². The number of halogens is 1. The van der Waals surface area contributed by atoms with Crippen LogP contribution in [0.2, 0.25) is 0 Å². The lowest BCUT2D eigenvalue weighted by Crippen LogP contribution is -2.41. The highest BCUT2D eigenvalue weighted by atomic mass is 32.2. The van der Waals surface area contributed by atoms with Gasteiger partial charge in [-0.15, -0.1) is 0 Å². The molecule has 2 aromatic carbocycles. The molecule has 1 N–H and O–H groups in total. The first-order valence-electron chi connectivity index (χ1n) is 10.8. The van der Waals surface area contributed by atoms with Crippen molar-refractivity contribution in [3.8, 4) is 5.75 Å². The lowest BCUT2D eigenvalue weighted by molar-refractivity contribution is -0.121. The number of carbonyl (C=O) groups excluding carboxylic acids is 1. The summed E-state index contributed by atoms with van der Waals surface area (Å²) in [5.41, 5.74) is 0.166. The van der Waals surface area contributed by atoms with Gasteiger partial charge in [-0.2, -0.15) is 8.61 Å². The third kappa shape index (κ3) is 6.98. The number of sulfonamides is 2. The number of amides is 1. The molecule has 3 rings (SSSR count). The number of ether oxygens (including phenoxy) is 1. The molecule has 0 aromatic heterocycles. The molecule has 9 nitrogen and oxygen atoms in total. The zero-order chi connectivity index (χ0) is 24.8. The number of benzene rings is 2. The van der Waals surface area contributed by atoms with Gasteiger partial charge in [0.25, 0.3) is 0 Å². The van der Waals surface area contributed by atoms with Crippen molar-refractivity contribution in [1.82, 2.24) is 13.9 Å². The molecule has 0 saturated carbocycles. The molecule has 34 heavy (non-hydrogen) atoms. The van der Waals surface area contributed by atoms with Gasteiger partial charge in [0.1, 0.15) is 18.2 Å². The number of rotatable bonds is 11. The van der Waals surface area contributed by atoms with Gasteiger partial charge in [-0.1, -0.05) is 18.2 Å². The first-order chi connectivity index (χ1) is 16.1. The fourth-order valence-electron chi connectivity index (χ4n) is 3.47. The highest BCUT2D eigenvalue weighted by molar-refractivity contribution is 7.89. The van der Waals surface area contributed by atoms with Crippen molar-refractivity contribution < 1.29 is 30.8 Å². The van der Waals surface area contributed by atoms with Crippen molar-refractivity contribution >= 4 is 26.0 Å². The monoisotopic (exact) mass is 513 g/mol. The van der Waals surface area contributed by atoms with Crippen LogP contribution in [0.25, 0.3) is 0 Å². The van der Waals surface area contributed by atoms with Crippen LogP contribution in [0, 0.1) is 5.82 Å². The van der Waals surface area contributed by atoms with Crippen molar-refractivity contribution in [3.63, 3.8) is 0 Å². The highest BCUT2D eigenvalue weighted by Crippen LogP contribution is 2.22. The summed E-state index contributed by atoms with van der Waals surface area (Å²) in [6.45, 7) is 0.521. The van der Waals surface area contributed by atoms with Crippen LogP contribution in [0.1, 0.15) is 18.4 Å². The first-order valence-corrected chi connectivity index (χ1v) is 14.0. The van der Waals surface area contributed by atoms with Gasteiger partial charge in [0.05, 0.1) is 24.2 Å². The van der Waals surface area contributed by atoms with E-state index in [0.717, 1.165) is 23.4 Å². The first kappa shape index (κ1) is 26.1. The van der Waals surface area contributed by atoms with Crippen LogP contribution in [0.4, 0.5) is 4.39 Å². The lowest BCUT2D eigenvalue weighted by atomic mass is 10.2. The van der Waals surface area contributed by atoms with E-state index in [9.17, 15) is 26.0 Å². The predicted molar refractivity (Wildman–Crippen MR) is 125 cm³/mol. The van der Waals surface area contributed by atoms with Crippen LogP contribution in [-0.2, 0) is 31.4 Å². The zero-order valence-electron chi connectivity index (χ0n) is 18.8. The van der Waals surface area contributed by atoms with Crippen LogP contribution in [0.15, 0.2) is 53.4 Å². The van der Waals surface area contributed by atoms with E-state index >= 15 is 0 Å². The summed E-state index contributed by atoms with van der Waals surface area (Å²) in [4.78, 5) is 12.4. The van der Waals surface area contributed by atoms with E-state index in [-0.39, 0.29) is 30.2 Å². The third-order valence-corrected chi connectivity index (χ3v) is 8.42. The van der Waals surface area contributed by atoms with E-state index in [1.54, 1.807) is 18.2 Å². The average Bonchev–Trinajstić information content (AvgIpc) is 3.33. The summed E-state index contributed by atoms with van der Waals surface area (Å²) in [6.07, 6.45) is 2.67. The summed E-state index contributed by atoms with van der Waals surface area (Å²) in [5, 5.41) is 2.56. The van der Waals surface area contributed by atoms with Crippen LogP contribution in [0.3, 0.4) is 0 Å². The fraction of sp³-hybridized carbons (Fsp3) is 0.409. The number of nitrogens with one attached hydrogen (secondary N) is 1. The quantitative estimate of drug-likeness (QED) is 0.457. The average molecular weight is 514 g/mol. The minimum atomic E-state index is -3.75. The van der Waals surface area contributed by atoms with Crippen LogP contribution in [-0.4, -0.2) is 70.4 Å². The number of hydrogen-bond acceptors (Lipinski definition) is 6. The molecule has 0 aliphatic carbocycles. The lowest BCUT2D eigenvalue weighted by Gasteiger charge is -2.20. The standard InChI is InChI=1S/C22H28FN3O6S2/c1-33(28,29)26(16-18-6-2-3-7-21(18)23)17-22(27)24-12-15-32-19-8-10-20(11-9-19)34(30,31)25-13-4-5-14-25/h2-3,6-11H,4-5,12-17H2,1H3,(H,24,27). The second-order valence-electron chi connectivity index (χ2n) is 7.90. The maximum absolute atomic E-state index is 13.9. The molecule has 0 unspecified atom stereocenters. The second-order valence-corrected chi connectivity index (χ2v) is 11.8. The van der Waals surface area contributed by atoms with Crippen molar-refractivity contribution in [2.75, 3.05) is 39.0 Å². The maximum Gasteiger partial charge on any atom is 0.243 e.